The van der Waals surface area contributed by atoms with Crippen LogP contribution in [0.25, 0.3) is 11.5 Å². The Morgan fingerprint density at radius 2 is 2.19 bits per heavy atom. The number of rotatable bonds is 6. The fourth-order valence-electron chi connectivity index (χ4n) is 3.75. The average molecular weight is 356 g/mol. The predicted molar refractivity (Wildman–Crippen MR) is 94.2 cm³/mol. The van der Waals surface area contributed by atoms with Gasteiger partial charge in [-0.3, -0.25) is 9.78 Å². The van der Waals surface area contributed by atoms with Crippen molar-refractivity contribution in [2.24, 2.45) is 5.92 Å². The molecule has 2 aromatic rings. The molecule has 2 aliphatic rings. The maximum absolute atomic E-state index is 12.6. The fraction of sp³-hybridized carbons (Fsp3) is 0.579. The molecule has 1 aliphatic carbocycles. The van der Waals surface area contributed by atoms with Crippen molar-refractivity contribution in [1.82, 2.24) is 20.0 Å². The lowest BCUT2D eigenvalue weighted by atomic mass is 9.76. The highest BCUT2D eigenvalue weighted by Crippen LogP contribution is 2.39. The van der Waals surface area contributed by atoms with E-state index in [9.17, 15) is 4.79 Å². The zero-order valence-electron chi connectivity index (χ0n) is 15.1. The van der Waals surface area contributed by atoms with Crippen LogP contribution in [0.5, 0.6) is 0 Å². The molecule has 2 fully saturated rings. The van der Waals surface area contributed by atoms with Crippen molar-refractivity contribution in [1.29, 1.82) is 0 Å². The van der Waals surface area contributed by atoms with Gasteiger partial charge in [0.1, 0.15) is 0 Å². The van der Waals surface area contributed by atoms with Gasteiger partial charge in [-0.1, -0.05) is 5.16 Å². The first-order chi connectivity index (χ1) is 12.7. The van der Waals surface area contributed by atoms with Crippen LogP contribution in [-0.4, -0.2) is 52.7 Å². The maximum atomic E-state index is 12.6. The molecule has 7 nitrogen and oxygen atoms in total. The number of hydrogen-bond acceptors (Lipinski definition) is 6. The highest BCUT2D eigenvalue weighted by Gasteiger charge is 2.44. The molecule has 2 aromatic heterocycles. The number of likely N-dealkylation sites (tertiary alicyclic amines) is 1. The maximum Gasteiger partial charge on any atom is 0.258 e. The summed E-state index contributed by atoms with van der Waals surface area (Å²) in [6.45, 7) is 2.06. The third-order valence-corrected chi connectivity index (χ3v) is 5.43. The standard InChI is InChI=1S/C19H24N4O3/c1-25-12-8-19(7-2-11-23(13-19)17(24)15-3-4-15)18-21-16(26-22-18)14-5-9-20-10-6-14/h5-6,9-10,15H,2-4,7-8,11-13H2,1H3. The molecule has 1 saturated heterocycles. The topological polar surface area (TPSA) is 81.3 Å². The van der Waals surface area contributed by atoms with E-state index in [1.165, 1.54) is 0 Å². The third-order valence-electron chi connectivity index (χ3n) is 5.43. The highest BCUT2D eigenvalue weighted by atomic mass is 16.5. The van der Waals surface area contributed by atoms with Gasteiger partial charge in [0.2, 0.25) is 5.91 Å². The zero-order chi connectivity index (χ0) is 18.0. The molecule has 0 spiro atoms. The van der Waals surface area contributed by atoms with Crippen LogP contribution < -0.4 is 0 Å². The zero-order valence-corrected chi connectivity index (χ0v) is 15.1. The number of piperidine rings is 1. The number of carbonyl (C=O) groups is 1. The normalized spacial score (nSPS) is 23.2. The second-order valence-corrected chi connectivity index (χ2v) is 7.32. The summed E-state index contributed by atoms with van der Waals surface area (Å²) in [6, 6.07) is 3.70. The van der Waals surface area contributed by atoms with Crippen molar-refractivity contribution in [3.05, 3.63) is 30.4 Å². The average Bonchev–Trinajstić information content (AvgIpc) is 3.42. The number of carbonyl (C=O) groups excluding carboxylic acids is 1. The number of methoxy groups -OCH3 is 1. The Morgan fingerprint density at radius 1 is 1.38 bits per heavy atom. The van der Waals surface area contributed by atoms with Gasteiger partial charge in [0, 0.05) is 50.7 Å². The van der Waals surface area contributed by atoms with Crippen LogP contribution in [0, 0.1) is 5.92 Å². The van der Waals surface area contributed by atoms with Gasteiger partial charge < -0.3 is 14.2 Å². The van der Waals surface area contributed by atoms with Gasteiger partial charge in [0.15, 0.2) is 5.82 Å². The summed E-state index contributed by atoms with van der Waals surface area (Å²) in [4.78, 5) is 23.3. The van der Waals surface area contributed by atoms with Crippen LogP contribution in [0.1, 0.15) is 37.9 Å². The van der Waals surface area contributed by atoms with E-state index in [0.717, 1.165) is 44.2 Å². The van der Waals surface area contributed by atoms with E-state index >= 15 is 0 Å². The molecule has 3 heterocycles. The molecule has 4 rings (SSSR count). The van der Waals surface area contributed by atoms with E-state index in [1.54, 1.807) is 19.5 Å². The molecule has 0 radical (unpaired) electrons. The molecule has 0 bridgehead atoms. The summed E-state index contributed by atoms with van der Waals surface area (Å²) >= 11 is 0. The number of ether oxygens (including phenoxy) is 1. The molecule has 7 heteroatoms. The van der Waals surface area contributed by atoms with Crippen molar-refractivity contribution in [2.75, 3.05) is 26.8 Å². The molecule has 0 N–H and O–H groups in total. The van der Waals surface area contributed by atoms with Crippen LogP contribution in [0.15, 0.2) is 29.0 Å². The lowest BCUT2D eigenvalue weighted by Crippen LogP contribution is -2.50. The summed E-state index contributed by atoms with van der Waals surface area (Å²) in [7, 11) is 1.70. The number of hydrogen-bond donors (Lipinski definition) is 0. The van der Waals surface area contributed by atoms with E-state index in [-0.39, 0.29) is 17.2 Å². The Kier molecular flexibility index (Phi) is 4.72. The van der Waals surface area contributed by atoms with Crippen molar-refractivity contribution in [3.63, 3.8) is 0 Å². The SMILES string of the molecule is COCCC1(c2noc(-c3ccncc3)n2)CCCN(C(=O)C2CC2)C1. The number of aromatic nitrogens is 3. The van der Waals surface area contributed by atoms with Gasteiger partial charge in [0.25, 0.3) is 5.89 Å². The molecule has 26 heavy (non-hydrogen) atoms. The van der Waals surface area contributed by atoms with Crippen LogP contribution in [0.2, 0.25) is 0 Å². The van der Waals surface area contributed by atoms with Crippen LogP contribution in [0.4, 0.5) is 0 Å². The van der Waals surface area contributed by atoms with Crippen molar-refractivity contribution < 1.29 is 14.1 Å². The number of amides is 1. The smallest absolute Gasteiger partial charge is 0.258 e. The van der Waals surface area contributed by atoms with Gasteiger partial charge in [-0.05, 0) is 44.2 Å². The van der Waals surface area contributed by atoms with Gasteiger partial charge >= 0.3 is 0 Å². The van der Waals surface area contributed by atoms with E-state index in [2.05, 4.69) is 15.1 Å². The van der Waals surface area contributed by atoms with Crippen molar-refractivity contribution in [2.45, 2.75) is 37.5 Å². The summed E-state index contributed by atoms with van der Waals surface area (Å²) in [6.07, 6.45) is 8.10. The Morgan fingerprint density at radius 3 is 2.92 bits per heavy atom. The monoisotopic (exact) mass is 356 g/mol. The summed E-state index contributed by atoms with van der Waals surface area (Å²) in [5.41, 5.74) is 0.537. The highest BCUT2D eigenvalue weighted by molar-refractivity contribution is 5.81. The molecule has 1 saturated carbocycles. The summed E-state index contributed by atoms with van der Waals surface area (Å²) in [5, 5.41) is 4.30. The molecule has 1 unspecified atom stereocenters. The van der Waals surface area contributed by atoms with Gasteiger partial charge in [-0.2, -0.15) is 4.98 Å². The van der Waals surface area contributed by atoms with E-state index in [0.29, 0.717) is 24.9 Å². The Hall–Kier alpha value is -2.28. The molecular formula is C19H24N4O3. The third kappa shape index (κ3) is 3.35. The van der Waals surface area contributed by atoms with E-state index in [1.807, 2.05) is 17.0 Å². The quantitative estimate of drug-likeness (QED) is 0.791. The molecular weight excluding hydrogens is 332 g/mol. The minimum atomic E-state index is -0.312. The minimum absolute atomic E-state index is 0.228. The first-order valence-electron chi connectivity index (χ1n) is 9.24. The molecule has 1 atom stereocenters. The lowest BCUT2D eigenvalue weighted by molar-refractivity contribution is -0.135. The summed E-state index contributed by atoms with van der Waals surface area (Å²) < 4.78 is 10.9. The summed E-state index contributed by atoms with van der Waals surface area (Å²) in [5.74, 6) is 1.68. The Bertz CT molecular complexity index is 759. The molecule has 138 valence electrons. The van der Waals surface area contributed by atoms with E-state index in [4.69, 9.17) is 9.26 Å². The van der Waals surface area contributed by atoms with Gasteiger partial charge in [0.05, 0.1) is 5.41 Å². The van der Waals surface area contributed by atoms with E-state index < -0.39 is 0 Å². The Labute approximate surface area is 152 Å². The van der Waals surface area contributed by atoms with Crippen molar-refractivity contribution in [3.8, 4) is 11.5 Å². The number of nitrogens with zero attached hydrogens (tertiary/aromatic N) is 4. The first kappa shape index (κ1) is 17.1. The van der Waals surface area contributed by atoms with Crippen LogP contribution in [0.3, 0.4) is 0 Å². The first-order valence-corrected chi connectivity index (χ1v) is 9.24. The number of pyridine rings is 1. The molecule has 0 aromatic carbocycles. The van der Waals surface area contributed by atoms with Crippen LogP contribution in [-0.2, 0) is 14.9 Å². The largest absolute Gasteiger partial charge is 0.385 e. The molecule has 1 aliphatic heterocycles. The van der Waals surface area contributed by atoms with Gasteiger partial charge in [-0.15, -0.1) is 0 Å². The van der Waals surface area contributed by atoms with Gasteiger partial charge in [-0.25, -0.2) is 0 Å². The second-order valence-electron chi connectivity index (χ2n) is 7.32. The molecule has 1 amide bonds. The minimum Gasteiger partial charge on any atom is -0.385 e. The van der Waals surface area contributed by atoms with Crippen molar-refractivity contribution >= 4 is 5.91 Å². The predicted octanol–water partition coefficient (Wildman–Crippen LogP) is 2.44. The fourth-order valence-corrected chi connectivity index (χ4v) is 3.75. The lowest BCUT2D eigenvalue weighted by Gasteiger charge is -2.41. The Balaban J connectivity index is 1.61. The second kappa shape index (κ2) is 7.15. The van der Waals surface area contributed by atoms with Crippen LogP contribution >= 0.6 is 0 Å².